The second-order valence-corrected chi connectivity index (χ2v) is 1.99. The molecular weight excluding hydrogens is 136 g/mol. The summed E-state index contributed by atoms with van der Waals surface area (Å²) >= 11 is 4.35. The number of ether oxygens (including phenoxy) is 1. The van der Waals surface area contributed by atoms with Crippen LogP contribution in [0, 0.1) is 0 Å². The summed E-state index contributed by atoms with van der Waals surface area (Å²) in [5.74, 6) is 0. The summed E-state index contributed by atoms with van der Waals surface area (Å²) in [6.07, 6.45) is 5.97. The monoisotopic (exact) mass is 141 g/mol. The average Bonchev–Trinajstić information content (AvgIpc) is 1.90. The zero-order chi connectivity index (χ0) is 6.69. The number of allylic oxidation sites excluding steroid dienone is 2. The van der Waals surface area contributed by atoms with Crippen LogP contribution in [0.4, 0.5) is 0 Å². The van der Waals surface area contributed by atoms with Crippen molar-refractivity contribution in [2.45, 2.75) is 6.10 Å². The Balaban J connectivity index is 2.56. The smallest absolute Gasteiger partial charge is 0.263 e. The third-order valence-electron chi connectivity index (χ3n) is 0.933. The summed E-state index contributed by atoms with van der Waals surface area (Å²) in [5.41, 5.74) is 0. The van der Waals surface area contributed by atoms with Crippen LogP contribution in [-0.2, 0) is 9.53 Å². The highest BCUT2D eigenvalue weighted by atomic mass is 32.1. The Labute approximate surface area is 58.6 Å². The van der Waals surface area contributed by atoms with Crippen LogP contribution in [0.25, 0.3) is 0 Å². The third kappa shape index (κ3) is 1.54. The maximum absolute atomic E-state index is 10.4. The van der Waals surface area contributed by atoms with Crippen LogP contribution in [0.1, 0.15) is 0 Å². The first-order valence-corrected chi connectivity index (χ1v) is 2.91. The molecule has 1 radical (unpaired) electrons. The largest absolute Gasteiger partial charge is 0.485 e. The predicted molar refractivity (Wildman–Crippen MR) is 35.8 cm³/mol. The third-order valence-corrected chi connectivity index (χ3v) is 1.17. The van der Waals surface area contributed by atoms with E-state index < -0.39 is 6.10 Å². The summed E-state index contributed by atoms with van der Waals surface area (Å²) < 4.78 is 4.82. The lowest BCUT2D eigenvalue weighted by Gasteiger charge is -2.08. The van der Waals surface area contributed by atoms with Crippen molar-refractivity contribution in [1.82, 2.24) is 0 Å². The number of carbonyl (C=O) groups is 1. The van der Waals surface area contributed by atoms with E-state index in [1.807, 2.05) is 0 Å². The van der Waals surface area contributed by atoms with Crippen LogP contribution < -0.4 is 0 Å². The van der Waals surface area contributed by atoms with Gasteiger partial charge in [-0.05, 0) is 24.8 Å². The van der Waals surface area contributed by atoms with Crippen LogP contribution in [0.15, 0.2) is 24.5 Å². The molecule has 1 aliphatic rings. The molecule has 0 saturated carbocycles. The van der Waals surface area contributed by atoms with E-state index in [2.05, 4.69) is 12.6 Å². The molecule has 2 nitrogen and oxygen atoms in total. The fourth-order valence-corrected chi connectivity index (χ4v) is 0.654. The molecule has 1 aliphatic heterocycles. The van der Waals surface area contributed by atoms with Gasteiger partial charge in [-0.25, -0.2) is 0 Å². The highest BCUT2D eigenvalue weighted by Gasteiger charge is 2.12. The first-order chi connectivity index (χ1) is 4.30. The molecule has 1 unspecified atom stereocenters. The molecule has 0 aromatic heterocycles. The Kier molecular flexibility index (Phi) is 1.85. The van der Waals surface area contributed by atoms with E-state index in [1.165, 1.54) is 6.26 Å². The Morgan fingerprint density at radius 3 is 2.67 bits per heavy atom. The summed E-state index contributed by atoms with van der Waals surface area (Å²) in [5, 5.41) is -0.379. The van der Waals surface area contributed by atoms with Gasteiger partial charge in [-0.15, -0.1) is 0 Å². The molecule has 0 fully saturated rings. The lowest BCUT2D eigenvalue weighted by molar-refractivity contribution is -0.116. The van der Waals surface area contributed by atoms with Crippen LogP contribution in [0.2, 0.25) is 0 Å². The lowest BCUT2D eigenvalue weighted by atomic mass is 10.3. The Bertz CT molecular complexity index is 172. The minimum absolute atomic E-state index is 0.379. The second-order valence-electron chi connectivity index (χ2n) is 1.59. The van der Waals surface area contributed by atoms with Crippen molar-refractivity contribution in [3.05, 3.63) is 24.5 Å². The SMILES string of the molecule is O=C([S])C1C=CC=CO1. The Hall–Kier alpha value is -0.830. The minimum Gasteiger partial charge on any atom is -0.485 e. The summed E-state index contributed by atoms with van der Waals surface area (Å²) in [6.45, 7) is 0. The molecule has 0 aromatic carbocycles. The van der Waals surface area contributed by atoms with Gasteiger partial charge >= 0.3 is 0 Å². The molecule has 1 heterocycles. The number of rotatable bonds is 1. The van der Waals surface area contributed by atoms with Crippen LogP contribution >= 0.6 is 12.6 Å². The molecule has 0 aliphatic carbocycles. The number of carbonyl (C=O) groups excluding carboxylic acids is 1. The van der Waals surface area contributed by atoms with Crippen LogP contribution in [0.5, 0.6) is 0 Å². The van der Waals surface area contributed by atoms with Crippen molar-refractivity contribution >= 4 is 17.7 Å². The summed E-state index contributed by atoms with van der Waals surface area (Å²) in [4.78, 5) is 10.4. The summed E-state index contributed by atoms with van der Waals surface area (Å²) in [6, 6.07) is 0. The first-order valence-electron chi connectivity index (χ1n) is 2.50. The fraction of sp³-hybridized carbons (Fsp3) is 0.167. The van der Waals surface area contributed by atoms with E-state index in [0.29, 0.717) is 0 Å². The van der Waals surface area contributed by atoms with Gasteiger partial charge < -0.3 is 4.74 Å². The quantitative estimate of drug-likeness (QED) is 0.548. The van der Waals surface area contributed by atoms with E-state index >= 15 is 0 Å². The van der Waals surface area contributed by atoms with E-state index in [9.17, 15) is 4.79 Å². The van der Waals surface area contributed by atoms with Crippen LogP contribution in [0.3, 0.4) is 0 Å². The zero-order valence-corrected chi connectivity index (χ0v) is 5.43. The molecule has 0 spiro atoms. The molecular formula is C6H5O2S. The molecule has 9 heavy (non-hydrogen) atoms. The van der Waals surface area contributed by atoms with Crippen molar-refractivity contribution in [3.63, 3.8) is 0 Å². The summed E-state index contributed by atoms with van der Waals surface area (Å²) in [7, 11) is 0. The maximum atomic E-state index is 10.4. The molecule has 0 aromatic rings. The molecule has 0 bridgehead atoms. The van der Waals surface area contributed by atoms with Gasteiger partial charge in [0.25, 0.3) is 5.12 Å². The van der Waals surface area contributed by atoms with E-state index in [1.54, 1.807) is 18.2 Å². The first kappa shape index (κ1) is 6.29. The van der Waals surface area contributed by atoms with Crippen molar-refractivity contribution in [1.29, 1.82) is 0 Å². The molecule has 3 heteroatoms. The molecule has 1 atom stereocenters. The Morgan fingerprint density at radius 1 is 1.56 bits per heavy atom. The van der Waals surface area contributed by atoms with Crippen molar-refractivity contribution in [2.24, 2.45) is 0 Å². The van der Waals surface area contributed by atoms with Crippen molar-refractivity contribution in [2.75, 3.05) is 0 Å². The van der Waals surface area contributed by atoms with Gasteiger partial charge in [0.1, 0.15) is 0 Å². The maximum Gasteiger partial charge on any atom is 0.263 e. The zero-order valence-electron chi connectivity index (χ0n) is 4.61. The molecule has 0 amide bonds. The van der Waals surface area contributed by atoms with E-state index in [-0.39, 0.29) is 5.12 Å². The molecule has 47 valence electrons. The van der Waals surface area contributed by atoms with Crippen LogP contribution in [-0.4, -0.2) is 11.2 Å². The van der Waals surface area contributed by atoms with Gasteiger partial charge in [-0.3, -0.25) is 4.79 Å². The fourth-order valence-electron chi connectivity index (χ4n) is 0.520. The minimum atomic E-state index is -0.537. The second kappa shape index (κ2) is 2.64. The van der Waals surface area contributed by atoms with Crippen molar-refractivity contribution in [3.8, 4) is 0 Å². The average molecular weight is 141 g/mol. The standard InChI is InChI=1S/C6H5O2S/c7-6(9)5-3-1-2-4-8-5/h1-5H. The lowest BCUT2D eigenvalue weighted by Crippen LogP contribution is -2.15. The normalized spacial score (nSPS) is 23.3. The molecule has 1 rings (SSSR count). The van der Waals surface area contributed by atoms with Gasteiger partial charge in [-0.2, -0.15) is 0 Å². The Morgan fingerprint density at radius 2 is 2.33 bits per heavy atom. The predicted octanol–water partition coefficient (Wildman–Crippen LogP) is 1.18. The topological polar surface area (TPSA) is 26.3 Å². The van der Waals surface area contributed by atoms with Gasteiger partial charge in [-0.1, -0.05) is 6.08 Å². The van der Waals surface area contributed by atoms with Gasteiger partial charge in [0.05, 0.1) is 6.26 Å². The number of hydrogen-bond acceptors (Lipinski definition) is 2. The van der Waals surface area contributed by atoms with Crippen molar-refractivity contribution < 1.29 is 9.53 Å². The highest BCUT2D eigenvalue weighted by molar-refractivity contribution is 7.96. The number of hydrogen-bond donors (Lipinski definition) is 0. The molecule has 0 N–H and O–H groups in total. The molecule has 0 saturated heterocycles. The van der Waals surface area contributed by atoms with E-state index in [0.717, 1.165) is 0 Å². The van der Waals surface area contributed by atoms with Gasteiger partial charge in [0.15, 0.2) is 6.10 Å². The van der Waals surface area contributed by atoms with E-state index in [4.69, 9.17) is 4.74 Å². The van der Waals surface area contributed by atoms with Gasteiger partial charge in [0.2, 0.25) is 0 Å². The highest BCUT2D eigenvalue weighted by Crippen LogP contribution is 2.04. The van der Waals surface area contributed by atoms with Gasteiger partial charge in [0, 0.05) is 0 Å².